The summed E-state index contributed by atoms with van der Waals surface area (Å²) >= 11 is 0. The molecule has 0 unspecified atom stereocenters. The van der Waals surface area contributed by atoms with Gasteiger partial charge in [-0.25, -0.2) is 0 Å². The second-order valence-electron chi connectivity index (χ2n) is 6.65. The van der Waals surface area contributed by atoms with E-state index in [4.69, 9.17) is 9.47 Å². The highest BCUT2D eigenvalue weighted by Gasteiger charge is 2.18. The van der Waals surface area contributed by atoms with Gasteiger partial charge in [0, 0.05) is 38.1 Å². The zero-order valence-electron chi connectivity index (χ0n) is 15.9. The van der Waals surface area contributed by atoms with Crippen LogP contribution in [0.15, 0.2) is 0 Å². The van der Waals surface area contributed by atoms with Crippen LogP contribution >= 0.6 is 0 Å². The predicted octanol–water partition coefficient (Wildman–Crippen LogP) is 1.63. The Kier molecular flexibility index (Phi) is 10.3. The molecule has 0 heterocycles. The number of nitrogens with one attached hydrogen (secondary N) is 2. The SMILES string of the molecule is CCOC(C)(C)CCNC(=O)C#CC(=O)NCCC(C)(C)OCC. The number of amides is 2. The minimum atomic E-state index is -0.466. The number of ether oxygens (including phenoxy) is 2. The summed E-state index contributed by atoms with van der Waals surface area (Å²) in [6.45, 7) is 13.9. The van der Waals surface area contributed by atoms with Crippen LogP contribution in [0.5, 0.6) is 0 Å². The predicted molar refractivity (Wildman–Crippen MR) is 94.4 cm³/mol. The molecule has 0 atom stereocenters. The Morgan fingerprint density at radius 1 is 0.792 bits per heavy atom. The quantitative estimate of drug-likeness (QED) is 0.593. The summed E-state index contributed by atoms with van der Waals surface area (Å²) in [5.41, 5.74) is -0.583. The van der Waals surface area contributed by atoms with Crippen molar-refractivity contribution in [2.75, 3.05) is 26.3 Å². The number of carbonyl (C=O) groups is 2. The summed E-state index contributed by atoms with van der Waals surface area (Å²) < 4.78 is 11.1. The molecule has 0 fully saturated rings. The van der Waals surface area contributed by atoms with Crippen LogP contribution < -0.4 is 10.6 Å². The third kappa shape index (κ3) is 11.9. The second-order valence-corrected chi connectivity index (χ2v) is 6.65. The van der Waals surface area contributed by atoms with Gasteiger partial charge in [-0.2, -0.15) is 0 Å². The first kappa shape index (κ1) is 22.4. The minimum absolute atomic E-state index is 0.291. The monoisotopic (exact) mass is 340 g/mol. The summed E-state index contributed by atoms with van der Waals surface area (Å²) in [5, 5.41) is 5.31. The van der Waals surface area contributed by atoms with Crippen LogP contribution in [0.2, 0.25) is 0 Å². The molecule has 2 amide bonds. The first-order valence-corrected chi connectivity index (χ1v) is 8.47. The smallest absolute Gasteiger partial charge is 0.296 e. The average molecular weight is 340 g/mol. The van der Waals surface area contributed by atoms with Gasteiger partial charge in [-0.15, -0.1) is 0 Å². The third-order valence-electron chi connectivity index (χ3n) is 3.38. The van der Waals surface area contributed by atoms with Gasteiger partial charge in [-0.05, 0) is 54.4 Å². The van der Waals surface area contributed by atoms with Crippen LogP contribution in [0.3, 0.4) is 0 Å². The highest BCUT2D eigenvalue weighted by atomic mass is 16.5. The molecule has 0 radical (unpaired) electrons. The molecule has 0 aliphatic rings. The van der Waals surface area contributed by atoms with Crippen LogP contribution in [-0.2, 0) is 19.1 Å². The van der Waals surface area contributed by atoms with Crippen LogP contribution in [-0.4, -0.2) is 49.3 Å². The Bertz CT molecular complexity index is 421. The van der Waals surface area contributed by atoms with Crippen molar-refractivity contribution in [2.45, 2.75) is 65.6 Å². The highest BCUT2D eigenvalue weighted by Crippen LogP contribution is 2.13. The van der Waals surface area contributed by atoms with Crippen LogP contribution in [0.1, 0.15) is 54.4 Å². The molecule has 0 saturated heterocycles. The number of carbonyl (C=O) groups excluding carboxylic acids is 2. The maximum Gasteiger partial charge on any atom is 0.296 e. The fourth-order valence-corrected chi connectivity index (χ4v) is 2.08. The van der Waals surface area contributed by atoms with E-state index in [1.807, 2.05) is 41.5 Å². The van der Waals surface area contributed by atoms with E-state index >= 15 is 0 Å². The topological polar surface area (TPSA) is 76.7 Å². The largest absolute Gasteiger partial charge is 0.376 e. The van der Waals surface area contributed by atoms with E-state index in [0.717, 1.165) is 0 Å². The Balaban J connectivity index is 4.05. The van der Waals surface area contributed by atoms with Crippen LogP contribution in [0.25, 0.3) is 0 Å². The molecule has 0 saturated carbocycles. The summed E-state index contributed by atoms with van der Waals surface area (Å²) in [5.74, 6) is 3.65. The maximum atomic E-state index is 11.6. The lowest BCUT2D eigenvalue weighted by Gasteiger charge is -2.24. The molecule has 0 aliphatic carbocycles. The molecule has 6 nitrogen and oxygen atoms in total. The van der Waals surface area contributed by atoms with E-state index in [1.165, 1.54) is 0 Å². The normalized spacial score (nSPS) is 11.4. The zero-order chi connectivity index (χ0) is 18.6. The van der Waals surface area contributed by atoms with Gasteiger partial charge >= 0.3 is 0 Å². The van der Waals surface area contributed by atoms with E-state index in [9.17, 15) is 9.59 Å². The number of hydrogen-bond donors (Lipinski definition) is 2. The summed E-state index contributed by atoms with van der Waals surface area (Å²) in [6.07, 6.45) is 1.35. The van der Waals surface area contributed by atoms with Gasteiger partial charge in [0.2, 0.25) is 0 Å². The first-order valence-electron chi connectivity index (χ1n) is 8.47. The van der Waals surface area contributed by atoms with Gasteiger partial charge < -0.3 is 20.1 Å². The third-order valence-corrected chi connectivity index (χ3v) is 3.38. The second kappa shape index (κ2) is 11.1. The number of rotatable bonds is 10. The zero-order valence-corrected chi connectivity index (χ0v) is 15.9. The molecule has 0 aliphatic heterocycles. The summed E-state index contributed by atoms with van der Waals surface area (Å²) in [4.78, 5) is 23.2. The molecule has 6 heteroatoms. The van der Waals surface area contributed by atoms with Gasteiger partial charge in [0.05, 0.1) is 11.2 Å². The van der Waals surface area contributed by atoms with Crippen molar-refractivity contribution in [1.82, 2.24) is 10.6 Å². The van der Waals surface area contributed by atoms with E-state index in [-0.39, 0.29) is 11.2 Å². The van der Waals surface area contributed by atoms with E-state index in [1.54, 1.807) is 0 Å². The molecule has 0 spiro atoms. The lowest BCUT2D eigenvalue weighted by molar-refractivity contribution is -0.117. The van der Waals surface area contributed by atoms with E-state index in [0.29, 0.717) is 39.1 Å². The molecular weight excluding hydrogens is 308 g/mol. The maximum absolute atomic E-state index is 11.6. The average Bonchev–Trinajstić information content (AvgIpc) is 2.44. The van der Waals surface area contributed by atoms with Crippen LogP contribution in [0, 0.1) is 11.8 Å². The molecule has 0 aromatic carbocycles. The first-order chi connectivity index (χ1) is 11.1. The molecule has 0 aromatic heterocycles. The summed E-state index contributed by atoms with van der Waals surface area (Å²) in [6, 6.07) is 0. The Labute approximate surface area is 146 Å². The highest BCUT2D eigenvalue weighted by molar-refractivity contribution is 6.02. The Hall–Kier alpha value is -1.58. The van der Waals surface area contributed by atoms with Crippen molar-refractivity contribution in [3.8, 4) is 11.8 Å². The van der Waals surface area contributed by atoms with Crippen molar-refractivity contribution < 1.29 is 19.1 Å². The fourth-order valence-electron chi connectivity index (χ4n) is 2.08. The van der Waals surface area contributed by atoms with Gasteiger partial charge in [0.15, 0.2) is 0 Å². The lowest BCUT2D eigenvalue weighted by atomic mass is 10.1. The molecule has 0 rings (SSSR count). The van der Waals surface area contributed by atoms with Gasteiger partial charge in [-0.1, -0.05) is 0 Å². The van der Waals surface area contributed by atoms with Gasteiger partial charge in [0.25, 0.3) is 11.8 Å². The van der Waals surface area contributed by atoms with Crippen LogP contribution in [0.4, 0.5) is 0 Å². The van der Waals surface area contributed by atoms with Crippen molar-refractivity contribution >= 4 is 11.8 Å². The van der Waals surface area contributed by atoms with E-state index < -0.39 is 11.8 Å². The number of hydrogen-bond acceptors (Lipinski definition) is 4. The summed E-state index contributed by atoms with van der Waals surface area (Å²) in [7, 11) is 0. The van der Waals surface area contributed by atoms with Gasteiger partial charge in [-0.3, -0.25) is 9.59 Å². The van der Waals surface area contributed by atoms with Gasteiger partial charge in [0.1, 0.15) is 0 Å². The molecular formula is C18H32N2O4. The van der Waals surface area contributed by atoms with Crippen molar-refractivity contribution in [3.63, 3.8) is 0 Å². The molecule has 0 aromatic rings. The Morgan fingerprint density at radius 3 is 1.42 bits per heavy atom. The van der Waals surface area contributed by atoms with E-state index in [2.05, 4.69) is 22.5 Å². The van der Waals surface area contributed by atoms with Crippen molar-refractivity contribution in [2.24, 2.45) is 0 Å². The molecule has 138 valence electrons. The molecule has 0 bridgehead atoms. The Morgan fingerprint density at radius 2 is 1.12 bits per heavy atom. The van der Waals surface area contributed by atoms with Crippen molar-refractivity contribution in [3.05, 3.63) is 0 Å². The minimum Gasteiger partial charge on any atom is -0.376 e. The lowest BCUT2D eigenvalue weighted by Crippen LogP contribution is -2.33. The fraction of sp³-hybridized carbons (Fsp3) is 0.778. The standard InChI is InChI=1S/C18H32N2O4/c1-7-23-17(3,4)11-13-19-15(21)9-10-16(22)20-14-12-18(5,6)24-8-2/h7-8,11-14H2,1-6H3,(H,19,21)(H,20,22). The van der Waals surface area contributed by atoms with Crippen molar-refractivity contribution in [1.29, 1.82) is 0 Å². The molecule has 24 heavy (non-hydrogen) atoms. The molecule has 2 N–H and O–H groups in total.